The van der Waals surface area contributed by atoms with Crippen LogP contribution in [0.5, 0.6) is 0 Å². The fraction of sp³-hybridized carbons (Fsp3) is 0.167. The Hall–Kier alpha value is -3.16. The maximum atomic E-state index is 13.8. The van der Waals surface area contributed by atoms with Crippen molar-refractivity contribution in [2.24, 2.45) is 0 Å². The predicted molar refractivity (Wildman–Crippen MR) is 93.2 cm³/mol. The van der Waals surface area contributed by atoms with Crippen LogP contribution in [0.4, 0.5) is 36.3 Å². The Morgan fingerprint density at radius 3 is 2.42 bits per heavy atom. The second-order valence-corrected chi connectivity index (χ2v) is 5.88. The Labute approximate surface area is 148 Å². The Morgan fingerprint density at radius 2 is 1.65 bits per heavy atom. The van der Waals surface area contributed by atoms with Crippen LogP contribution in [0.2, 0.25) is 0 Å². The van der Waals surface area contributed by atoms with Crippen molar-refractivity contribution in [3.8, 4) is 0 Å². The molecule has 0 bridgehead atoms. The number of halogens is 3. The molecule has 2 N–H and O–H groups in total. The Balaban J connectivity index is 1.85. The molecule has 0 spiro atoms. The maximum absolute atomic E-state index is 13.8. The first-order valence-electron chi connectivity index (χ1n) is 7.92. The minimum atomic E-state index is -1.57. The molecule has 0 amide bonds. The highest BCUT2D eigenvalue weighted by Crippen LogP contribution is 2.27. The van der Waals surface area contributed by atoms with E-state index in [1.54, 1.807) is 0 Å². The van der Waals surface area contributed by atoms with Crippen molar-refractivity contribution < 1.29 is 13.2 Å². The number of hydrogen-bond acceptors (Lipinski definition) is 5. The third-order valence-electron chi connectivity index (χ3n) is 3.69. The number of para-hydroxylation sites is 1. The van der Waals surface area contributed by atoms with Gasteiger partial charge in [-0.25, -0.2) is 13.2 Å². The number of anilines is 4. The van der Waals surface area contributed by atoms with Gasteiger partial charge in [0.25, 0.3) is 0 Å². The summed E-state index contributed by atoms with van der Waals surface area (Å²) in [6.07, 6.45) is 1.41. The highest BCUT2D eigenvalue weighted by atomic mass is 19.2. The summed E-state index contributed by atoms with van der Waals surface area (Å²) in [5.41, 5.74) is 1.66. The predicted octanol–water partition coefficient (Wildman–Crippen LogP) is 4.90. The Kier molecular flexibility index (Phi) is 5.01. The molecule has 0 saturated heterocycles. The molecule has 1 heterocycles. The van der Waals surface area contributed by atoms with Crippen LogP contribution in [0.15, 0.2) is 42.6 Å². The van der Waals surface area contributed by atoms with E-state index >= 15 is 0 Å². The first-order valence-corrected chi connectivity index (χ1v) is 7.92. The van der Waals surface area contributed by atoms with Crippen LogP contribution in [0.3, 0.4) is 0 Å². The van der Waals surface area contributed by atoms with E-state index in [4.69, 9.17) is 0 Å². The molecular weight excluding hydrogens is 343 g/mol. The smallest absolute Gasteiger partial charge is 0.249 e. The summed E-state index contributed by atoms with van der Waals surface area (Å²) in [7, 11) is 0. The molecule has 0 unspecified atom stereocenters. The van der Waals surface area contributed by atoms with Crippen molar-refractivity contribution in [3.05, 3.63) is 65.6 Å². The molecule has 0 atom stereocenters. The summed E-state index contributed by atoms with van der Waals surface area (Å²) >= 11 is 0. The van der Waals surface area contributed by atoms with Gasteiger partial charge in [-0.15, -0.1) is 5.10 Å². The van der Waals surface area contributed by atoms with Crippen molar-refractivity contribution in [2.45, 2.75) is 19.8 Å². The molecule has 0 aliphatic carbocycles. The molecule has 0 saturated carbocycles. The Morgan fingerprint density at radius 1 is 0.885 bits per heavy atom. The van der Waals surface area contributed by atoms with Gasteiger partial charge in [0.1, 0.15) is 0 Å². The van der Waals surface area contributed by atoms with E-state index in [9.17, 15) is 13.2 Å². The van der Waals surface area contributed by atoms with Gasteiger partial charge in [0, 0.05) is 5.69 Å². The van der Waals surface area contributed by atoms with Gasteiger partial charge in [0.2, 0.25) is 5.95 Å². The fourth-order valence-corrected chi connectivity index (χ4v) is 2.41. The SMILES string of the molecule is CC(C)c1ccccc1Nc1cnnc(Nc2ccc(F)c(F)c2F)n1. The maximum Gasteiger partial charge on any atom is 0.249 e. The summed E-state index contributed by atoms with van der Waals surface area (Å²) < 4.78 is 40.1. The van der Waals surface area contributed by atoms with Gasteiger partial charge in [-0.2, -0.15) is 10.1 Å². The van der Waals surface area contributed by atoms with Crippen LogP contribution in [0.1, 0.15) is 25.3 Å². The lowest BCUT2D eigenvalue weighted by molar-refractivity contribution is 0.449. The molecule has 0 radical (unpaired) electrons. The van der Waals surface area contributed by atoms with E-state index in [0.29, 0.717) is 11.7 Å². The summed E-state index contributed by atoms with van der Waals surface area (Å²) in [6, 6.07) is 9.60. The van der Waals surface area contributed by atoms with Gasteiger partial charge >= 0.3 is 0 Å². The lowest BCUT2D eigenvalue weighted by atomic mass is 10.0. The minimum absolute atomic E-state index is 0.0538. The zero-order valence-electron chi connectivity index (χ0n) is 14.1. The topological polar surface area (TPSA) is 62.7 Å². The molecule has 5 nitrogen and oxygen atoms in total. The third-order valence-corrected chi connectivity index (χ3v) is 3.69. The summed E-state index contributed by atoms with van der Waals surface area (Å²) in [5.74, 6) is -3.57. The molecular formula is C18H16F3N5. The number of nitrogens with one attached hydrogen (secondary N) is 2. The standard InChI is InChI=1S/C18H16F3N5/c1-10(2)11-5-3-4-6-13(11)23-15-9-22-26-18(25-15)24-14-8-7-12(19)16(20)17(14)21/h3-10H,1-2H3,(H2,23,24,25,26). The molecule has 3 rings (SSSR count). The molecule has 0 fully saturated rings. The molecule has 0 aliphatic heterocycles. The number of rotatable bonds is 5. The quantitative estimate of drug-likeness (QED) is 0.635. The van der Waals surface area contributed by atoms with Crippen molar-refractivity contribution in [3.63, 3.8) is 0 Å². The van der Waals surface area contributed by atoms with E-state index in [2.05, 4.69) is 39.7 Å². The highest BCUT2D eigenvalue weighted by molar-refractivity contribution is 5.62. The fourth-order valence-electron chi connectivity index (χ4n) is 2.41. The van der Waals surface area contributed by atoms with Gasteiger partial charge in [-0.05, 0) is 29.7 Å². The van der Waals surface area contributed by atoms with Gasteiger partial charge in [0.15, 0.2) is 23.3 Å². The van der Waals surface area contributed by atoms with Crippen molar-refractivity contribution in [2.75, 3.05) is 10.6 Å². The molecule has 1 aromatic heterocycles. The minimum Gasteiger partial charge on any atom is -0.339 e. The summed E-state index contributed by atoms with van der Waals surface area (Å²) in [6.45, 7) is 4.13. The Bertz CT molecular complexity index is 930. The second-order valence-electron chi connectivity index (χ2n) is 5.88. The summed E-state index contributed by atoms with van der Waals surface area (Å²) in [5, 5.41) is 13.2. The summed E-state index contributed by atoms with van der Waals surface area (Å²) in [4.78, 5) is 4.18. The lowest BCUT2D eigenvalue weighted by Crippen LogP contribution is -2.05. The van der Waals surface area contributed by atoms with Gasteiger partial charge in [0.05, 0.1) is 11.9 Å². The largest absolute Gasteiger partial charge is 0.339 e. The van der Waals surface area contributed by atoms with Gasteiger partial charge in [-0.3, -0.25) is 0 Å². The number of nitrogens with zero attached hydrogens (tertiary/aromatic N) is 3. The third kappa shape index (κ3) is 3.74. The van der Waals surface area contributed by atoms with Gasteiger partial charge < -0.3 is 10.6 Å². The molecule has 8 heteroatoms. The van der Waals surface area contributed by atoms with E-state index in [1.165, 1.54) is 6.20 Å². The molecule has 134 valence electrons. The first kappa shape index (κ1) is 17.7. The van der Waals surface area contributed by atoms with Crippen molar-refractivity contribution >= 4 is 23.1 Å². The molecule has 3 aromatic rings. The highest BCUT2D eigenvalue weighted by Gasteiger charge is 2.15. The molecule has 26 heavy (non-hydrogen) atoms. The van der Waals surface area contributed by atoms with Crippen molar-refractivity contribution in [1.82, 2.24) is 15.2 Å². The lowest BCUT2D eigenvalue weighted by Gasteiger charge is -2.14. The van der Waals surface area contributed by atoms with Crippen LogP contribution in [0, 0.1) is 17.5 Å². The van der Waals surface area contributed by atoms with Crippen LogP contribution < -0.4 is 10.6 Å². The van der Waals surface area contributed by atoms with E-state index in [-0.39, 0.29) is 11.6 Å². The van der Waals surface area contributed by atoms with E-state index in [0.717, 1.165) is 23.4 Å². The van der Waals surface area contributed by atoms with Crippen LogP contribution in [-0.2, 0) is 0 Å². The molecule has 0 aliphatic rings. The monoisotopic (exact) mass is 359 g/mol. The average Bonchev–Trinajstić information content (AvgIpc) is 2.63. The van der Waals surface area contributed by atoms with Gasteiger partial charge in [-0.1, -0.05) is 32.0 Å². The van der Waals surface area contributed by atoms with Crippen LogP contribution in [0.25, 0.3) is 0 Å². The zero-order valence-corrected chi connectivity index (χ0v) is 14.1. The first-order chi connectivity index (χ1) is 12.5. The van der Waals surface area contributed by atoms with Crippen LogP contribution >= 0.6 is 0 Å². The molecule has 2 aromatic carbocycles. The number of aromatic nitrogens is 3. The second kappa shape index (κ2) is 7.38. The van der Waals surface area contributed by atoms with E-state index < -0.39 is 17.5 Å². The van der Waals surface area contributed by atoms with Crippen molar-refractivity contribution in [1.29, 1.82) is 0 Å². The average molecular weight is 359 g/mol. The zero-order chi connectivity index (χ0) is 18.7. The van der Waals surface area contributed by atoms with E-state index in [1.807, 2.05) is 24.3 Å². The normalized spacial score (nSPS) is 10.8. The van der Waals surface area contributed by atoms with Crippen LogP contribution in [-0.4, -0.2) is 15.2 Å². The number of benzene rings is 2. The number of hydrogen-bond donors (Lipinski definition) is 2.